The van der Waals surface area contributed by atoms with Crippen LogP contribution >= 0.6 is 23.2 Å². The number of aromatic nitrogens is 2. The fourth-order valence-electron chi connectivity index (χ4n) is 3.00. The number of nitrogens with zero attached hydrogens (tertiary/aromatic N) is 2. The van der Waals surface area contributed by atoms with Gasteiger partial charge in [0, 0.05) is 0 Å². The molecule has 1 aromatic heterocycles. The third-order valence-electron chi connectivity index (χ3n) is 4.09. The summed E-state index contributed by atoms with van der Waals surface area (Å²) in [6.45, 7) is 2.20. The second-order valence-corrected chi connectivity index (χ2v) is 6.67. The summed E-state index contributed by atoms with van der Waals surface area (Å²) in [5.41, 5.74) is 6.61. The van der Waals surface area contributed by atoms with Gasteiger partial charge in [0.1, 0.15) is 0 Å². The smallest absolute Gasteiger partial charge is 0.259 e. The van der Waals surface area contributed by atoms with Crippen LogP contribution in [-0.2, 0) is 5.54 Å². The average Bonchev–Trinajstić information content (AvgIpc) is 2.92. The first-order valence-corrected chi connectivity index (χ1v) is 7.83. The first-order valence-electron chi connectivity index (χ1n) is 7.07. The minimum atomic E-state index is -0.509. The van der Waals surface area contributed by atoms with Gasteiger partial charge < -0.3 is 10.3 Å². The highest BCUT2D eigenvalue weighted by Crippen LogP contribution is 2.38. The molecule has 4 nitrogen and oxygen atoms in total. The number of nitrogens with two attached hydrogens (primary N) is 1. The Morgan fingerprint density at radius 2 is 2.19 bits per heavy atom. The fraction of sp³-hybridized carbons (Fsp3) is 0.467. The van der Waals surface area contributed by atoms with Gasteiger partial charge in [-0.3, -0.25) is 0 Å². The minimum absolute atomic E-state index is 0.362. The number of rotatable bonds is 2. The monoisotopic (exact) mass is 325 g/mol. The van der Waals surface area contributed by atoms with E-state index in [0.717, 1.165) is 19.3 Å². The number of hydrogen-bond donors (Lipinski definition) is 1. The highest BCUT2D eigenvalue weighted by atomic mass is 35.5. The SMILES string of the molecule is CC1CCCC(N)(c2noc(-c3cccc(Cl)c3Cl)n2)C1. The summed E-state index contributed by atoms with van der Waals surface area (Å²) in [6.07, 6.45) is 4.03. The summed E-state index contributed by atoms with van der Waals surface area (Å²) in [6, 6.07) is 5.32. The van der Waals surface area contributed by atoms with E-state index in [9.17, 15) is 0 Å². The van der Waals surface area contributed by atoms with Gasteiger partial charge in [0.2, 0.25) is 0 Å². The van der Waals surface area contributed by atoms with Crippen LogP contribution in [0.2, 0.25) is 10.0 Å². The van der Waals surface area contributed by atoms with Crippen molar-refractivity contribution in [2.75, 3.05) is 0 Å². The quantitative estimate of drug-likeness (QED) is 0.888. The molecule has 1 heterocycles. The molecule has 1 aliphatic rings. The van der Waals surface area contributed by atoms with Crippen molar-refractivity contribution >= 4 is 23.2 Å². The van der Waals surface area contributed by atoms with Gasteiger partial charge in [-0.1, -0.05) is 54.2 Å². The zero-order chi connectivity index (χ0) is 15.0. The molecule has 1 aliphatic carbocycles. The first-order chi connectivity index (χ1) is 9.99. The van der Waals surface area contributed by atoms with Crippen molar-refractivity contribution in [3.63, 3.8) is 0 Å². The lowest BCUT2D eigenvalue weighted by atomic mass is 9.76. The molecule has 0 radical (unpaired) electrons. The summed E-state index contributed by atoms with van der Waals surface area (Å²) in [7, 11) is 0. The Kier molecular flexibility index (Phi) is 3.95. The van der Waals surface area contributed by atoms with Crippen LogP contribution in [0.1, 0.15) is 38.4 Å². The first kappa shape index (κ1) is 14.8. The van der Waals surface area contributed by atoms with Crippen LogP contribution in [0.15, 0.2) is 22.7 Å². The average molecular weight is 326 g/mol. The summed E-state index contributed by atoms with van der Waals surface area (Å²) >= 11 is 12.2. The molecule has 0 saturated heterocycles. The van der Waals surface area contributed by atoms with E-state index in [4.69, 9.17) is 33.5 Å². The predicted molar refractivity (Wildman–Crippen MR) is 83.3 cm³/mol. The lowest BCUT2D eigenvalue weighted by molar-refractivity contribution is 0.222. The minimum Gasteiger partial charge on any atom is -0.334 e. The Morgan fingerprint density at radius 1 is 1.38 bits per heavy atom. The van der Waals surface area contributed by atoms with Gasteiger partial charge in [-0.05, 0) is 30.9 Å². The Labute approximate surface area is 133 Å². The highest BCUT2D eigenvalue weighted by molar-refractivity contribution is 6.43. The summed E-state index contributed by atoms with van der Waals surface area (Å²) in [4.78, 5) is 4.47. The van der Waals surface area contributed by atoms with Crippen LogP contribution in [0.5, 0.6) is 0 Å². The number of halogens is 2. The summed E-state index contributed by atoms with van der Waals surface area (Å²) in [5.74, 6) is 1.49. The van der Waals surface area contributed by atoms with Crippen LogP contribution in [0.25, 0.3) is 11.5 Å². The van der Waals surface area contributed by atoms with Crippen molar-refractivity contribution < 1.29 is 4.52 Å². The molecule has 0 spiro atoms. The maximum Gasteiger partial charge on any atom is 0.259 e. The van der Waals surface area contributed by atoms with E-state index >= 15 is 0 Å². The molecular formula is C15H17Cl2N3O. The molecule has 0 aliphatic heterocycles. The Bertz CT molecular complexity index is 658. The molecule has 6 heteroatoms. The lowest BCUT2D eigenvalue weighted by Gasteiger charge is -2.33. The lowest BCUT2D eigenvalue weighted by Crippen LogP contribution is -2.42. The summed E-state index contributed by atoms with van der Waals surface area (Å²) in [5, 5.41) is 4.96. The molecule has 0 amide bonds. The predicted octanol–water partition coefficient (Wildman–Crippen LogP) is 4.41. The van der Waals surface area contributed by atoms with Crippen molar-refractivity contribution in [3.05, 3.63) is 34.1 Å². The van der Waals surface area contributed by atoms with Gasteiger partial charge in [0.15, 0.2) is 5.82 Å². The zero-order valence-corrected chi connectivity index (χ0v) is 13.3. The van der Waals surface area contributed by atoms with E-state index in [0.29, 0.717) is 33.2 Å². The van der Waals surface area contributed by atoms with Gasteiger partial charge in [-0.15, -0.1) is 0 Å². The van der Waals surface area contributed by atoms with Crippen LogP contribution in [0.4, 0.5) is 0 Å². The second kappa shape index (κ2) is 5.59. The molecule has 112 valence electrons. The molecule has 1 fully saturated rings. The summed E-state index contributed by atoms with van der Waals surface area (Å²) < 4.78 is 5.36. The van der Waals surface area contributed by atoms with Crippen molar-refractivity contribution in [3.8, 4) is 11.5 Å². The standard InChI is InChI=1S/C15H17Cl2N3O/c1-9-4-3-7-15(18,8-9)14-19-13(21-20-14)10-5-2-6-11(16)12(10)17/h2,5-6,9H,3-4,7-8,18H2,1H3. The van der Waals surface area contributed by atoms with E-state index in [-0.39, 0.29) is 0 Å². The Hall–Kier alpha value is -1.10. The van der Waals surface area contributed by atoms with Crippen LogP contribution < -0.4 is 5.73 Å². The van der Waals surface area contributed by atoms with Crippen molar-refractivity contribution in [1.29, 1.82) is 0 Å². The van der Waals surface area contributed by atoms with Crippen molar-refractivity contribution in [1.82, 2.24) is 10.1 Å². The molecule has 21 heavy (non-hydrogen) atoms. The van der Waals surface area contributed by atoms with Crippen LogP contribution in [-0.4, -0.2) is 10.1 Å². The second-order valence-electron chi connectivity index (χ2n) is 5.88. The van der Waals surface area contributed by atoms with Gasteiger partial charge in [-0.2, -0.15) is 4.98 Å². The van der Waals surface area contributed by atoms with E-state index < -0.39 is 5.54 Å². The molecule has 3 rings (SSSR count). The molecule has 0 bridgehead atoms. The number of benzene rings is 1. The van der Waals surface area contributed by atoms with E-state index in [1.165, 1.54) is 6.42 Å². The maximum atomic E-state index is 6.49. The molecule has 2 N–H and O–H groups in total. The third kappa shape index (κ3) is 2.80. The molecule has 2 atom stereocenters. The topological polar surface area (TPSA) is 64.9 Å². The normalized spacial score (nSPS) is 26.0. The molecular weight excluding hydrogens is 309 g/mol. The molecule has 2 unspecified atom stereocenters. The highest BCUT2D eigenvalue weighted by Gasteiger charge is 2.37. The van der Waals surface area contributed by atoms with Crippen LogP contribution in [0, 0.1) is 5.92 Å². The van der Waals surface area contributed by atoms with Crippen molar-refractivity contribution in [2.45, 2.75) is 38.1 Å². The molecule has 1 saturated carbocycles. The van der Waals surface area contributed by atoms with Crippen LogP contribution in [0.3, 0.4) is 0 Å². The maximum absolute atomic E-state index is 6.49. The third-order valence-corrected chi connectivity index (χ3v) is 4.90. The Balaban J connectivity index is 1.95. The van der Waals surface area contributed by atoms with E-state index in [1.54, 1.807) is 18.2 Å². The largest absolute Gasteiger partial charge is 0.334 e. The van der Waals surface area contributed by atoms with Gasteiger partial charge in [0.25, 0.3) is 5.89 Å². The fourth-order valence-corrected chi connectivity index (χ4v) is 3.38. The Morgan fingerprint density at radius 3 is 2.95 bits per heavy atom. The van der Waals surface area contributed by atoms with E-state index in [1.807, 2.05) is 0 Å². The van der Waals surface area contributed by atoms with Crippen molar-refractivity contribution in [2.24, 2.45) is 11.7 Å². The molecule has 1 aromatic carbocycles. The number of hydrogen-bond acceptors (Lipinski definition) is 4. The van der Waals surface area contributed by atoms with Gasteiger partial charge in [0.05, 0.1) is 21.1 Å². The van der Waals surface area contributed by atoms with E-state index in [2.05, 4.69) is 17.1 Å². The van der Waals surface area contributed by atoms with Gasteiger partial charge >= 0.3 is 0 Å². The van der Waals surface area contributed by atoms with Gasteiger partial charge in [-0.25, -0.2) is 0 Å². The zero-order valence-electron chi connectivity index (χ0n) is 11.8. The molecule has 2 aromatic rings.